The molecular weight excluding hydrogens is 357 g/mol. The number of carbonyl (C=O) groups excluding carboxylic acids is 1. The molecule has 9 heteroatoms. The topological polar surface area (TPSA) is 38.1 Å². The molecule has 2 aromatic heterocycles. The molecule has 1 amide bonds. The molecule has 0 N–H and O–H groups in total. The van der Waals surface area contributed by atoms with Crippen molar-refractivity contribution in [2.75, 3.05) is 6.54 Å². The van der Waals surface area contributed by atoms with E-state index in [-0.39, 0.29) is 36.3 Å². The molecule has 0 bridgehead atoms. The fraction of sp³-hybridized carbons (Fsp3) is 0.529. The molecule has 1 saturated heterocycles. The Morgan fingerprint density at radius 2 is 2.04 bits per heavy atom. The first-order valence-electron chi connectivity index (χ1n) is 8.32. The number of halogens is 5. The van der Waals surface area contributed by atoms with E-state index in [2.05, 4.69) is 4.98 Å². The van der Waals surface area contributed by atoms with Crippen LogP contribution in [0.4, 0.5) is 22.0 Å². The van der Waals surface area contributed by atoms with Crippen LogP contribution >= 0.6 is 0 Å². The third kappa shape index (κ3) is 2.47. The Balaban J connectivity index is 1.83. The monoisotopic (exact) mass is 373 g/mol. The summed E-state index contributed by atoms with van der Waals surface area (Å²) >= 11 is 0. The van der Waals surface area contributed by atoms with Gasteiger partial charge in [-0.25, -0.2) is 13.8 Å². The summed E-state index contributed by atoms with van der Waals surface area (Å²) in [7, 11) is 0. The predicted molar refractivity (Wildman–Crippen MR) is 82.9 cm³/mol. The molecule has 1 atom stereocenters. The zero-order chi connectivity index (χ0) is 18.9. The Morgan fingerprint density at radius 1 is 1.31 bits per heavy atom. The van der Waals surface area contributed by atoms with Gasteiger partial charge in [-0.3, -0.25) is 4.79 Å². The molecule has 0 saturated carbocycles. The normalized spacial score (nSPS) is 22.9. The lowest BCUT2D eigenvalue weighted by atomic mass is 9.96. The molecular formula is C17H16F5N3O. The van der Waals surface area contributed by atoms with Crippen molar-refractivity contribution < 1.29 is 26.7 Å². The summed E-state index contributed by atoms with van der Waals surface area (Å²) in [5, 5.41) is 0.221. The van der Waals surface area contributed by atoms with E-state index < -0.39 is 30.2 Å². The number of carbonyl (C=O) groups is 1. The zero-order valence-corrected chi connectivity index (χ0v) is 13.9. The van der Waals surface area contributed by atoms with E-state index in [9.17, 15) is 26.7 Å². The number of alkyl halides is 5. The van der Waals surface area contributed by atoms with Gasteiger partial charge in [0.2, 0.25) is 5.91 Å². The molecule has 2 aromatic rings. The average molecular weight is 373 g/mol. The van der Waals surface area contributed by atoms with Crippen molar-refractivity contribution in [1.29, 1.82) is 0 Å². The average Bonchev–Trinajstić information content (AvgIpc) is 3.07. The van der Waals surface area contributed by atoms with Crippen LogP contribution in [0.3, 0.4) is 0 Å². The molecule has 0 aromatic carbocycles. The van der Waals surface area contributed by atoms with E-state index in [0.717, 1.165) is 6.07 Å². The van der Waals surface area contributed by atoms with Crippen LogP contribution in [0.15, 0.2) is 12.3 Å². The van der Waals surface area contributed by atoms with E-state index in [1.54, 1.807) is 6.92 Å². The summed E-state index contributed by atoms with van der Waals surface area (Å²) in [5.41, 5.74) is 0.235. The maximum atomic E-state index is 14.8. The summed E-state index contributed by atoms with van der Waals surface area (Å²) < 4.78 is 69.7. The van der Waals surface area contributed by atoms with Crippen LogP contribution in [-0.2, 0) is 23.9 Å². The summed E-state index contributed by atoms with van der Waals surface area (Å²) in [6, 6.07) is -0.313. The van der Waals surface area contributed by atoms with Crippen molar-refractivity contribution in [2.45, 2.75) is 50.9 Å². The summed E-state index contributed by atoms with van der Waals surface area (Å²) in [5.74, 6) is -3.47. The highest BCUT2D eigenvalue weighted by Crippen LogP contribution is 2.40. The minimum absolute atomic E-state index is 0.0950. The smallest absolute Gasteiger partial charge is 0.333 e. The maximum Gasteiger partial charge on any atom is 0.417 e. The number of pyridine rings is 1. The number of aromatic nitrogens is 2. The quantitative estimate of drug-likeness (QED) is 0.717. The van der Waals surface area contributed by atoms with Gasteiger partial charge in [-0.05, 0) is 25.0 Å². The SMILES string of the molecule is Cc1c2n(c3ncc(C(F)(F)F)cc13)CC(F)(F)C(N1CCCC1=O)C2. The number of fused-ring (bicyclic) bond motifs is 3. The first-order chi connectivity index (χ1) is 12.1. The lowest BCUT2D eigenvalue weighted by molar-refractivity contribution is -0.144. The van der Waals surface area contributed by atoms with Crippen LogP contribution < -0.4 is 0 Å². The van der Waals surface area contributed by atoms with E-state index in [0.29, 0.717) is 23.9 Å². The fourth-order valence-corrected chi connectivity index (χ4v) is 4.01. The number of aryl methyl sites for hydroxylation is 1. The fourth-order valence-electron chi connectivity index (χ4n) is 4.01. The third-order valence-electron chi connectivity index (χ3n) is 5.34. The summed E-state index contributed by atoms with van der Waals surface area (Å²) in [4.78, 5) is 17.0. The number of rotatable bonds is 1. The first kappa shape index (κ1) is 17.2. The molecule has 0 aliphatic carbocycles. The van der Waals surface area contributed by atoms with Crippen molar-refractivity contribution in [3.05, 3.63) is 29.1 Å². The Hall–Kier alpha value is -2.19. The highest BCUT2D eigenvalue weighted by molar-refractivity contribution is 5.83. The van der Waals surface area contributed by atoms with E-state index in [1.807, 2.05) is 0 Å². The van der Waals surface area contributed by atoms with Crippen molar-refractivity contribution in [3.63, 3.8) is 0 Å². The minimum Gasteiger partial charge on any atom is -0.333 e. The number of amides is 1. The Morgan fingerprint density at radius 3 is 2.65 bits per heavy atom. The number of nitrogens with zero attached hydrogens (tertiary/aromatic N) is 3. The van der Waals surface area contributed by atoms with E-state index >= 15 is 0 Å². The minimum atomic E-state index is -4.55. The van der Waals surface area contributed by atoms with Gasteiger partial charge in [0.25, 0.3) is 5.92 Å². The second-order valence-electron chi connectivity index (χ2n) is 6.92. The summed E-state index contributed by atoms with van der Waals surface area (Å²) in [6.45, 7) is 1.21. The van der Waals surface area contributed by atoms with Crippen LogP contribution in [0.1, 0.15) is 29.7 Å². The maximum absolute atomic E-state index is 14.8. The van der Waals surface area contributed by atoms with Gasteiger partial charge >= 0.3 is 6.18 Å². The lowest BCUT2D eigenvalue weighted by Crippen LogP contribution is -2.54. The number of hydrogen-bond donors (Lipinski definition) is 0. The molecule has 4 rings (SSSR count). The lowest BCUT2D eigenvalue weighted by Gasteiger charge is -2.38. The molecule has 0 spiro atoms. The first-order valence-corrected chi connectivity index (χ1v) is 8.32. The molecule has 2 aliphatic rings. The van der Waals surface area contributed by atoms with Gasteiger partial charge in [-0.1, -0.05) is 0 Å². The molecule has 2 aliphatic heterocycles. The standard InChI is InChI=1S/C17H16F5N3O/c1-9-11-5-10(17(20,21)22)7-23-15(11)25-8-16(18,19)13(6-12(9)25)24-4-2-3-14(24)26/h5,7,13H,2-4,6,8H2,1H3. The molecule has 26 heavy (non-hydrogen) atoms. The third-order valence-corrected chi connectivity index (χ3v) is 5.34. The van der Waals surface area contributed by atoms with Crippen LogP contribution in [0.5, 0.6) is 0 Å². The van der Waals surface area contributed by atoms with Crippen LogP contribution in [0.25, 0.3) is 11.0 Å². The van der Waals surface area contributed by atoms with Crippen LogP contribution in [0, 0.1) is 6.92 Å². The molecule has 4 nitrogen and oxygen atoms in total. The van der Waals surface area contributed by atoms with Crippen LogP contribution in [0.2, 0.25) is 0 Å². The largest absolute Gasteiger partial charge is 0.417 e. The van der Waals surface area contributed by atoms with Crippen LogP contribution in [-0.4, -0.2) is 38.9 Å². The number of hydrogen-bond acceptors (Lipinski definition) is 2. The second kappa shape index (κ2) is 5.40. The van der Waals surface area contributed by atoms with Gasteiger partial charge < -0.3 is 9.47 Å². The Bertz CT molecular complexity index is 902. The molecule has 1 unspecified atom stereocenters. The van der Waals surface area contributed by atoms with Gasteiger partial charge in [0, 0.05) is 36.7 Å². The highest BCUT2D eigenvalue weighted by Gasteiger charge is 2.50. The Labute approximate surface area is 145 Å². The summed E-state index contributed by atoms with van der Waals surface area (Å²) in [6.07, 6.45) is -3.18. The van der Waals surface area contributed by atoms with E-state index in [4.69, 9.17) is 0 Å². The van der Waals surface area contributed by atoms with Gasteiger partial charge in [-0.15, -0.1) is 0 Å². The zero-order valence-electron chi connectivity index (χ0n) is 13.9. The van der Waals surface area contributed by atoms with Crippen molar-refractivity contribution in [1.82, 2.24) is 14.5 Å². The molecule has 4 heterocycles. The molecule has 140 valence electrons. The van der Waals surface area contributed by atoms with Gasteiger partial charge in [0.05, 0.1) is 12.1 Å². The van der Waals surface area contributed by atoms with E-state index in [1.165, 1.54) is 9.47 Å². The van der Waals surface area contributed by atoms with Gasteiger partial charge in [0.15, 0.2) is 0 Å². The van der Waals surface area contributed by atoms with Gasteiger partial charge in [-0.2, -0.15) is 13.2 Å². The second-order valence-corrected chi connectivity index (χ2v) is 6.92. The van der Waals surface area contributed by atoms with Gasteiger partial charge in [0.1, 0.15) is 11.7 Å². The Kier molecular flexibility index (Phi) is 3.58. The van der Waals surface area contributed by atoms with Crippen molar-refractivity contribution in [2.24, 2.45) is 0 Å². The number of likely N-dealkylation sites (tertiary alicyclic amines) is 1. The predicted octanol–water partition coefficient (Wildman–Crippen LogP) is 3.55. The molecule has 1 fully saturated rings. The van der Waals surface area contributed by atoms with Crippen molar-refractivity contribution in [3.8, 4) is 0 Å². The molecule has 0 radical (unpaired) electrons. The van der Waals surface area contributed by atoms with Crippen molar-refractivity contribution >= 4 is 16.9 Å². The highest BCUT2D eigenvalue weighted by atomic mass is 19.4.